The molecule has 1 unspecified atom stereocenters. The zero-order valence-electron chi connectivity index (χ0n) is 12.8. The minimum atomic E-state index is -0.793. The van der Waals surface area contributed by atoms with Gasteiger partial charge in [0, 0.05) is 25.7 Å². The van der Waals surface area contributed by atoms with Crippen LogP contribution in [-0.2, 0) is 4.79 Å². The van der Waals surface area contributed by atoms with Crippen LogP contribution in [0, 0.1) is 16.7 Å². The summed E-state index contributed by atoms with van der Waals surface area (Å²) in [4.78, 5) is 16.9. The van der Waals surface area contributed by atoms with E-state index in [4.69, 9.17) is 0 Å². The molecule has 1 saturated heterocycles. The van der Waals surface area contributed by atoms with Crippen LogP contribution < -0.4 is 0 Å². The summed E-state index contributed by atoms with van der Waals surface area (Å²) in [6, 6.07) is 2.71. The van der Waals surface area contributed by atoms with Crippen LogP contribution in [0.5, 0.6) is 0 Å². The second kappa shape index (κ2) is 6.91. The number of nitrogens with zero attached hydrogens (tertiary/aromatic N) is 3. The predicted molar refractivity (Wildman–Crippen MR) is 76.5 cm³/mol. The van der Waals surface area contributed by atoms with E-state index in [0.29, 0.717) is 18.9 Å². The van der Waals surface area contributed by atoms with Crippen LogP contribution in [0.15, 0.2) is 0 Å². The Bertz CT molecular complexity index is 342. The van der Waals surface area contributed by atoms with Gasteiger partial charge in [-0.3, -0.25) is 4.79 Å². The van der Waals surface area contributed by atoms with Gasteiger partial charge in [0.15, 0.2) is 0 Å². The molecule has 1 aliphatic rings. The topological polar surface area (TPSA) is 47.3 Å². The molecule has 0 aliphatic carbocycles. The predicted octanol–water partition coefficient (Wildman–Crippen LogP) is 2.26. The molecule has 1 amide bonds. The van der Waals surface area contributed by atoms with E-state index in [9.17, 15) is 10.1 Å². The first-order valence-corrected chi connectivity index (χ1v) is 7.41. The summed E-state index contributed by atoms with van der Waals surface area (Å²) in [7, 11) is 2.09. The largest absolute Gasteiger partial charge is 0.338 e. The van der Waals surface area contributed by atoms with Gasteiger partial charge in [0.1, 0.15) is 5.41 Å². The molecular formula is C15H27N3O. The summed E-state index contributed by atoms with van der Waals surface area (Å²) in [6.45, 7) is 8.60. The van der Waals surface area contributed by atoms with E-state index in [1.54, 1.807) is 0 Å². The smallest absolute Gasteiger partial charge is 0.243 e. The number of nitriles is 1. The molecule has 4 nitrogen and oxygen atoms in total. The first-order valence-electron chi connectivity index (χ1n) is 7.41. The van der Waals surface area contributed by atoms with Gasteiger partial charge < -0.3 is 9.80 Å². The highest BCUT2D eigenvalue weighted by atomic mass is 16.2. The van der Waals surface area contributed by atoms with Crippen molar-refractivity contribution in [3.8, 4) is 6.07 Å². The highest BCUT2D eigenvalue weighted by Gasteiger charge is 2.41. The van der Waals surface area contributed by atoms with E-state index in [1.807, 2.05) is 18.7 Å². The average molecular weight is 265 g/mol. The highest BCUT2D eigenvalue weighted by Crippen LogP contribution is 2.32. The Hall–Kier alpha value is -1.08. The van der Waals surface area contributed by atoms with Crippen LogP contribution in [0.25, 0.3) is 0 Å². The number of hydrogen-bond donors (Lipinski definition) is 0. The van der Waals surface area contributed by atoms with Crippen LogP contribution >= 0.6 is 0 Å². The third-order valence-electron chi connectivity index (χ3n) is 4.22. The van der Waals surface area contributed by atoms with Crippen molar-refractivity contribution in [3.63, 3.8) is 0 Å². The van der Waals surface area contributed by atoms with Crippen molar-refractivity contribution in [2.24, 2.45) is 5.41 Å². The first kappa shape index (κ1) is 16.0. The fraction of sp³-hybridized carbons (Fsp3) is 0.867. The minimum Gasteiger partial charge on any atom is -0.338 e. The van der Waals surface area contributed by atoms with Crippen LogP contribution in [0.1, 0.15) is 46.5 Å². The summed E-state index contributed by atoms with van der Waals surface area (Å²) >= 11 is 0. The lowest BCUT2D eigenvalue weighted by Crippen LogP contribution is -2.55. The van der Waals surface area contributed by atoms with Crippen LogP contribution in [0.4, 0.5) is 0 Å². The van der Waals surface area contributed by atoms with Crippen molar-refractivity contribution in [2.75, 3.05) is 26.7 Å². The van der Waals surface area contributed by atoms with Gasteiger partial charge in [-0.1, -0.05) is 26.7 Å². The molecular weight excluding hydrogens is 238 g/mol. The Morgan fingerprint density at radius 1 is 1.32 bits per heavy atom. The molecule has 1 fully saturated rings. The maximum absolute atomic E-state index is 12.8. The molecule has 108 valence electrons. The molecule has 0 aromatic carbocycles. The lowest BCUT2D eigenvalue weighted by Gasteiger charge is -2.41. The maximum atomic E-state index is 12.8. The average Bonchev–Trinajstić information content (AvgIpc) is 2.40. The molecule has 0 bridgehead atoms. The number of piperazine rings is 1. The number of carbonyl (C=O) groups is 1. The maximum Gasteiger partial charge on any atom is 0.243 e. The van der Waals surface area contributed by atoms with Crippen molar-refractivity contribution in [1.82, 2.24) is 9.80 Å². The van der Waals surface area contributed by atoms with Crippen molar-refractivity contribution in [1.29, 1.82) is 5.26 Å². The monoisotopic (exact) mass is 265 g/mol. The van der Waals surface area contributed by atoms with Crippen LogP contribution in [0.3, 0.4) is 0 Å². The molecule has 0 N–H and O–H groups in total. The molecule has 0 radical (unpaired) electrons. The lowest BCUT2D eigenvalue weighted by molar-refractivity contribution is -0.142. The van der Waals surface area contributed by atoms with Gasteiger partial charge in [-0.25, -0.2) is 0 Å². The summed E-state index contributed by atoms with van der Waals surface area (Å²) < 4.78 is 0. The zero-order chi connectivity index (χ0) is 14.5. The molecule has 0 aromatic heterocycles. The number of hydrogen-bond acceptors (Lipinski definition) is 3. The Balaban J connectivity index is 2.85. The highest BCUT2D eigenvalue weighted by molar-refractivity contribution is 5.85. The number of carbonyl (C=O) groups excluding carboxylic acids is 1. The Labute approximate surface area is 117 Å². The Morgan fingerprint density at radius 2 is 1.89 bits per heavy atom. The number of rotatable bonds is 5. The van der Waals surface area contributed by atoms with E-state index in [2.05, 4.69) is 24.9 Å². The molecule has 0 aromatic rings. The fourth-order valence-corrected chi connectivity index (χ4v) is 2.89. The van der Waals surface area contributed by atoms with Gasteiger partial charge in [-0.2, -0.15) is 5.26 Å². The number of likely N-dealkylation sites (N-methyl/N-ethyl adjacent to an activating group) is 1. The Kier molecular flexibility index (Phi) is 5.81. The van der Waals surface area contributed by atoms with Crippen molar-refractivity contribution < 1.29 is 4.79 Å². The summed E-state index contributed by atoms with van der Waals surface area (Å²) in [6.07, 6.45) is 3.11. The van der Waals surface area contributed by atoms with Gasteiger partial charge in [0.2, 0.25) is 5.91 Å². The van der Waals surface area contributed by atoms with E-state index < -0.39 is 5.41 Å². The number of amides is 1. The molecule has 19 heavy (non-hydrogen) atoms. The van der Waals surface area contributed by atoms with E-state index in [1.165, 1.54) is 0 Å². The summed E-state index contributed by atoms with van der Waals surface area (Å²) in [5.41, 5.74) is -0.793. The SMILES string of the molecule is CCCC(C#N)(CCC)C(=O)N1CCN(C)C(C)C1. The molecule has 1 aliphatic heterocycles. The molecule has 0 saturated carbocycles. The second-order valence-corrected chi connectivity index (χ2v) is 5.77. The standard InChI is InChI=1S/C15H27N3O/c1-5-7-15(12-16,8-6-2)14(19)18-10-9-17(4)13(3)11-18/h13H,5-11H2,1-4H3. The van der Waals surface area contributed by atoms with Crippen LogP contribution in [0.2, 0.25) is 0 Å². The van der Waals surface area contributed by atoms with Gasteiger partial charge in [0.25, 0.3) is 0 Å². The molecule has 0 spiro atoms. The molecule has 1 atom stereocenters. The van der Waals surface area contributed by atoms with Crippen molar-refractivity contribution in [2.45, 2.75) is 52.5 Å². The third-order valence-corrected chi connectivity index (χ3v) is 4.22. The van der Waals surface area contributed by atoms with Gasteiger partial charge in [0.05, 0.1) is 6.07 Å². The summed E-state index contributed by atoms with van der Waals surface area (Å²) in [5.74, 6) is 0.0543. The zero-order valence-corrected chi connectivity index (χ0v) is 12.8. The summed E-state index contributed by atoms with van der Waals surface area (Å²) in [5, 5.41) is 9.55. The quantitative estimate of drug-likeness (QED) is 0.766. The van der Waals surface area contributed by atoms with Crippen molar-refractivity contribution >= 4 is 5.91 Å². The van der Waals surface area contributed by atoms with Gasteiger partial charge in [-0.15, -0.1) is 0 Å². The van der Waals surface area contributed by atoms with Crippen molar-refractivity contribution in [3.05, 3.63) is 0 Å². The molecule has 1 rings (SSSR count). The second-order valence-electron chi connectivity index (χ2n) is 5.77. The molecule has 4 heteroatoms. The van der Waals surface area contributed by atoms with E-state index in [-0.39, 0.29) is 5.91 Å². The van der Waals surface area contributed by atoms with Crippen LogP contribution in [-0.4, -0.2) is 48.4 Å². The Morgan fingerprint density at radius 3 is 2.32 bits per heavy atom. The minimum absolute atomic E-state index is 0.0543. The first-order chi connectivity index (χ1) is 9.00. The van der Waals surface area contributed by atoms with Gasteiger partial charge in [-0.05, 0) is 26.8 Å². The van der Waals surface area contributed by atoms with E-state index >= 15 is 0 Å². The fourth-order valence-electron chi connectivity index (χ4n) is 2.89. The van der Waals surface area contributed by atoms with Gasteiger partial charge >= 0.3 is 0 Å². The molecule has 1 heterocycles. The van der Waals surface area contributed by atoms with E-state index in [0.717, 1.165) is 32.5 Å². The lowest BCUT2D eigenvalue weighted by atomic mass is 9.79. The third kappa shape index (κ3) is 3.48. The normalized spacial score (nSPS) is 21.2.